The Hall–Kier alpha value is -8.39. The Labute approximate surface area is 324 Å². The number of carbonyl (C=O) groups is 2. The fraction of sp³-hybridized carbons (Fsp3) is 0. The van der Waals surface area contributed by atoms with Gasteiger partial charge in [-0.1, -0.05) is 103 Å². The van der Waals surface area contributed by atoms with Gasteiger partial charge in [-0.2, -0.15) is 0 Å². The molecule has 3 aliphatic heterocycles. The molecule has 0 saturated carbocycles. The number of hydrogen-bond donors (Lipinski definition) is 2. The summed E-state index contributed by atoms with van der Waals surface area (Å²) in [5.74, 6) is 0.316. The predicted molar refractivity (Wildman–Crippen MR) is 219 cm³/mol. The molecule has 274 valence electrons. The number of hydrazone groups is 1. The van der Waals surface area contributed by atoms with Crippen molar-refractivity contribution in [2.45, 2.75) is 0 Å². The molecule has 0 fully saturated rings. The molecule has 2 N–H and O–H groups in total. The van der Waals surface area contributed by atoms with E-state index in [1.54, 1.807) is 12.1 Å². The van der Waals surface area contributed by atoms with Gasteiger partial charge in [0.1, 0.15) is 17.9 Å². The van der Waals surface area contributed by atoms with Crippen LogP contribution in [0.2, 0.25) is 0 Å². The number of hydrazine groups is 1. The van der Waals surface area contributed by atoms with Gasteiger partial charge in [-0.15, -0.1) is 5.10 Å². The summed E-state index contributed by atoms with van der Waals surface area (Å²) in [4.78, 5) is 58.4. The summed E-state index contributed by atoms with van der Waals surface area (Å²) in [5, 5.41) is 17.2. The summed E-state index contributed by atoms with van der Waals surface area (Å²) in [5.41, 5.74) is 11.7. The van der Waals surface area contributed by atoms with Crippen LogP contribution in [-0.2, 0) is 9.59 Å². The van der Waals surface area contributed by atoms with Crippen molar-refractivity contribution in [3.63, 3.8) is 0 Å². The summed E-state index contributed by atoms with van der Waals surface area (Å²) in [6.45, 7) is 0. The Balaban J connectivity index is 1.09. The first kappa shape index (κ1) is 34.4. The van der Waals surface area contributed by atoms with E-state index in [2.05, 4.69) is 25.9 Å². The van der Waals surface area contributed by atoms with E-state index in [1.807, 2.05) is 121 Å². The van der Waals surface area contributed by atoms with Crippen LogP contribution in [0, 0.1) is 10.1 Å². The van der Waals surface area contributed by atoms with E-state index in [1.165, 1.54) is 34.5 Å². The highest BCUT2D eigenvalue weighted by Gasteiger charge is 2.35. The first-order valence-electron chi connectivity index (χ1n) is 17.7. The van der Waals surface area contributed by atoms with Gasteiger partial charge in [0.15, 0.2) is 11.7 Å². The molecular formula is C43H28N10O4. The third kappa shape index (κ3) is 6.70. The number of nitrogens with zero attached hydrogens (tertiary/aromatic N) is 8. The number of amidine groups is 3. The average molecular weight is 749 g/mol. The number of aromatic nitrogens is 1. The van der Waals surface area contributed by atoms with Gasteiger partial charge in [0.25, 0.3) is 11.6 Å². The van der Waals surface area contributed by atoms with Crippen molar-refractivity contribution < 1.29 is 14.5 Å². The number of nitro groups is 1. The van der Waals surface area contributed by atoms with Crippen molar-refractivity contribution in [1.82, 2.24) is 15.4 Å². The van der Waals surface area contributed by atoms with E-state index in [-0.39, 0.29) is 23.1 Å². The van der Waals surface area contributed by atoms with Crippen molar-refractivity contribution in [3.05, 3.63) is 178 Å². The smallest absolute Gasteiger partial charge is 0.276 e. The van der Waals surface area contributed by atoms with Crippen LogP contribution >= 0.6 is 0 Å². The molecular weight excluding hydrogens is 721 g/mol. The summed E-state index contributed by atoms with van der Waals surface area (Å²) in [6.07, 6.45) is 2.93. The maximum Gasteiger partial charge on any atom is 0.303 e. The third-order valence-electron chi connectivity index (χ3n) is 9.23. The SMILES string of the molecule is O=C1NN2C=Nc3nc(-c4ccc(N5C(=O)/C(=N\Nc6ccccc6)N=C5c5ccccc5)cc4)cc(-c4ccccc4)c3C2=N/C1=C/c1cccc([N+](=O)[O-])c1. The summed E-state index contributed by atoms with van der Waals surface area (Å²) < 4.78 is 0. The Kier molecular flexibility index (Phi) is 8.72. The molecule has 1 aromatic heterocycles. The number of non-ortho nitro benzene ring substituents is 1. The zero-order valence-corrected chi connectivity index (χ0v) is 29.7. The molecule has 14 nitrogen and oxygen atoms in total. The Morgan fingerprint density at radius 2 is 1.44 bits per heavy atom. The first-order valence-corrected chi connectivity index (χ1v) is 17.7. The normalized spacial score (nSPS) is 15.9. The van der Waals surface area contributed by atoms with Gasteiger partial charge in [-0.25, -0.2) is 25.0 Å². The van der Waals surface area contributed by atoms with E-state index in [4.69, 9.17) is 9.98 Å². The number of hydrogen-bond acceptors (Lipinski definition) is 10. The Bertz CT molecular complexity index is 2750. The number of aliphatic imine (C=N–C) groups is 3. The van der Waals surface area contributed by atoms with E-state index in [0.29, 0.717) is 40.0 Å². The lowest BCUT2D eigenvalue weighted by molar-refractivity contribution is -0.384. The number of rotatable bonds is 8. The van der Waals surface area contributed by atoms with Crippen LogP contribution in [0.15, 0.2) is 171 Å². The molecule has 5 aromatic carbocycles. The molecule has 0 atom stereocenters. The van der Waals surface area contributed by atoms with Gasteiger partial charge in [0.05, 0.1) is 27.6 Å². The summed E-state index contributed by atoms with van der Waals surface area (Å²) >= 11 is 0. The van der Waals surface area contributed by atoms with Crippen molar-refractivity contribution in [3.8, 4) is 22.4 Å². The van der Waals surface area contributed by atoms with Crippen LogP contribution in [0.25, 0.3) is 28.5 Å². The fourth-order valence-corrected chi connectivity index (χ4v) is 6.53. The second-order valence-electron chi connectivity index (χ2n) is 12.9. The number of para-hydroxylation sites is 1. The largest absolute Gasteiger partial charge is 0.303 e. The fourth-order valence-electron chi connectivity index (χ4n) is 6.53. The zero-order valence-electron chi connectivity index (χ0n) is 29.7. The zero-order chi connectivity index (χ0) is 38.9. The van der Waals surface area contributed by atoms with Crippen molar-refractivity contribution in [2.24, 2.45) is 20.1 Å². The summed E-state index contributed by atoms with van der Waals surface area (Å²) in [7, 11) is 0. The topological polar surface area (TPSA) is 170 Å². The molecule has 57 heavy (non-hydrogen) atoms. The third-order valence-corrected chi connectivity index (χ3v) is 9.23. The van der Waals surface area contributed by atoms with E-state index in [9.17, 15) is 19.7 Å². The molecule has 0 saturated heterocycles. The number of fused-ring (bicyclic) bond motifs is 3. The molecule has 4 heterocycles. The predicted octanol–water partition coefficient (Wildman–Crippen LogP) is 7.35. The van der Waals surface area contributed by atoms with Crippen molar-refractivity contribution >= 4 is 64.6 Å². The second-order valence-corrected chi connectivity index (χ2v) is 12.9. The Morgan fingerprint density at radius 3 is 2.16 bits per heavy atom. The number of nitrogens with one attached hydrogen (secondary N) is 2. The molecule has 0 aliphatic carbocycles. The number of carbonyl (C=O) groups excluding carboxylic acids is 2. The molecule has 2 amide bonds. The van der Waals surface area contributed by atoms with Gasteiger partial charge in [-0.05, 0) is 53.1 Å². The lowest BCUT2D eigenvalue weighted by atomic mass is 9.96. The van der Waals surface area contributed by atoms with Crippen LogP contribution in [0.1, 0.15) is 16.7 Å². The van der Waals surface area contributed by atoms with Crippen LogP contribution in [0.5, 0.6) is 0 Å². The standard InChI is InChI=1S/C43H28N10O4/c54-42-36(24-27-11-10-18-33(23-27)53(56)57)46-41-37-34(28-12-4-1-5-13-28)25-35(45-38(37)44-26-51(41)50-42)29-19-21-32(22-20-29)52-40(30-14-6-2-7-15-30)47-39(43(52)55)49-48-31-16-8-3-9-17-31/h1-26,48H,(H,50,54)/b36-24+,49-39+. The number of pyridine rings is 1. The van der Waals surface area contributed by atoms with Crippen molar-refractivity contribution in [2.75, 3.05) is 10.3 Å². The van der Waals surface area contributed by atoms with E-state index >= 15 is 0 Å². The van der Waals surface area contributed by atoms with Crippen molar-refractivity contribution in [1.29, 1.82) is 0 Å². The maximum absolute atomic E-state index is 13.9. The Morgan fingerprint density at radius 1 is 0.737 bits per heavy atom. The van der Waals surface area contributed by atoms with Crippen LogP contribution in [0.3, 0.4) is 0 Å². The van der Waals surface area contributed by atoms with Crippen LogP contribution < -0.4 is 15.8 Å². The molecule has 0 unspecified atom stereocenters. The van der Waals surface area contributed by atoms with Gasteiger partial charge in [0, 0.05) is 23.3 Å². The first-order chi connectivity index (χ1) is 27.9. The monoisotopic (exact) mass is 748 g/mol. The highest BCUT2D eigenvalue weighted by atomic mass is 16.6. The minimum atomic E-state index is -0.506. The molecule has 0 spiro atoms. The molecule has 3 aliphatic rings. The van der Waals surface area contributed by atoms with E-state index in [0.717, 1.165) is 27.9 Å². The van der Waals surface area contributed by atoms with Gasteiger partial charge < -0.3 is 0 Å². The molecule has 9 rings (SSSR count). The highest BCUT2D eigenvalue weighted by Crippen LogP contribution is 2.38. The number of amides is 2. The van der Waals surface area contributed by atoms with Crippen LogP contribution in [-0.4, -0.2) is 50.6 Å². The molecule has 14 heteroatoms. The van der Waals surface area contributed by atoms with Gasteiger partial charge >= 0.3 is 5.91 Å². The second kappa shape index (κ2) is 14.4. The quantitative estimate of drug-likeness (QED) is 0.0931. The van der Waals surface area contributed by atoms with E-state index < -0.39 is 10.8 Å². The molecule has 0 radical (unpaired) electrons. The number of anilines is 2. The number of nitro benzene ring substituents is 1. The summed E-state index contributed by atoms with van der Waals surface area (Å²) in [6, 6.07) is 43.8. The minimum Gasteiger partial charge on any atom is -0.276 e. The average Bonchev–Trinajstić information content (AvgIpc) is 3.59. The molecule has 6 aromatic rings. The maximum atomic E-state index is 13.9. The van der Waals surface area contributed by atoms with Gasteiger partial charge in [-0.3, -0.25) is 35.5 Å². The highest BCUT2D eigenvalue weighted by molar-refractivity contribution is 6.55. The van der Waals surface area contributed by atoms with Crippen LogP contribution in [0.4, 0.5) is 22.9 Å². The lowest BCUT2D eigenvalue weighted by Gasteiger charge is -2.31. The molecule has 0 bridgehead atoms. The van der Waals surface area contributed by atoms with Gasteiger partial charge in [0.2, 0.25) is 5.84 Å². The minimum absolute atomic E-state index is 0.0162. The number of benzene rings is 5. The lowest BCUT2D eigenvalue weighted by Crippen LogP contribution is -2.50.